The molecule has 0 amide bonds. The number of nitrogens with zero attached hydrogens (tertiary/aromatic N) is 4. The van der Waals surface area contributed by atoms with E-state index in [1.165, 1.54) is 12.5 Å². The van der Waals surface area contributed by atoms with Crippen molar-refractivity contribution in [3.63, 3.8) is 0 Å². The Balaban J connectivity index is 2.20. The first-order chi connectivity index (χ1) is 14.9. The van der Waals surface area contributed by atoms with Crippen molar-refractivity contribution >= 4 is 0 Å². The number of hydrogen-bond donors (Lipinski definition) is 0. The van der Waals surface area contributed by atoms with Crippen molar-refractivity contribution in [2.24, 2.45) is 12.5 Å². The maximum atomic E-state index is 14.4. The summed E-state index contributed by atoms with van der Waals surface area (Å²) in [5.41, 5.74) is 4.80. The second-order valence-electron chi connectivity index (χ2n) is 9.87. The number of benzene rings is 1. The molecule has 0 fully saturated rings. The molecule has 0 bridgehead atoms. The van der Waals surface area contributed by atoms with E-state index in [0.29, 0.717) is 0 Å². The van der Waals surface area contributed by atoms with Crippen molar-refractivity contribution in [2.45, 2.75) is 60.0 Å². The topological polar surface area (TPSA) is 24.3 Å². The van der Waals surface area contributed by atoms with E-state index in [2.05, 4.69) is 100 Å². The van der Waals surface area contributed by atoms with Gasteiger partial charge >= 0.3 is 0 Å². The SMILES string of the molecule is C/C(=C(\C=C(/C)F)C(C)(C)C(C)(C)c1ccccc1-c1ccnn1C)N1C=CN(C)C1C. The Morgan fingerprint density at radius 3 is 2.22 bits per heavy atom. The molecule has 32 heavy (non-hydrogen) atoms. The van der Waals surface area contributed by atoms with E-state index in [1.807, 2.05) is 24.0 Å². The molecule has 1 aliphatic rings. The largest absolute Gasteiger partial charge is 0.359 e. The monoisotopic (exact) mass is 436 g/mol. The lowest BCUT2D eigenvalue weighted by Gasteiger charge is -2.46. The summed E-state index contributed by atoms with van der Waals surface area (Å²) in [6, 6.07) is 10.5. The number of aromatic nitrogens is 2. The third-order valence-electron chi connectivity index (χ3n) is 7.51. The van der Waals surface area contributed by atoms with Gasteiger partial charge in [0.25, 0.3) is 0 Å². The summed E-state index contributed by atoms with van der Waals surface area (Å²) in [5.74, 6) is -0.188. The van der Waals surface area contributed by atoms with Gasteiger partial charge in [-0.15, -0.1) is 0 Å². The smallest absolute Gasteiger partial charge is 0.102 e. The highest BCUT2D eigenvalue weighted by Crippen LogP contribution is 2.51. The minimum absolute atomic E-state index is 0.180. The molecule has 0 aliphatic carbocycles. The minimum atomic E-state index is -0.381. The Morgan fingerprint density at radius 2 is 1.69 bits per heavy atom. The van der Waals surface area contributed by atoms with Crippen LogP contribution in [0, 0.1) is 5.41 Å². The summed E-state index contributed by atoms with van der Waals surface area (Å²) in [6.45, 7) is 14.7. The van der Waals surface area contributed by atoms with Gasteiger partial charge in [0, 0.05) is 49.4 Å². The molecule has 4 nitrogen and oxygen atoms in total. The van der Waals surface area contributed by atoms with Crippen LogP contribution in [0.25, 0.3) is 11.3 Å². The fourth-order valence-corrected chi connectivity index (χ4v) is 4.65. The summed E-state index contributed by atoms with van der Waals surface area (Å²) in [5, 5.41) is 4.38. The predicted molar refractivity (Wildman–Crippen MR) is 131 cm³/mol. The normalized spacial score (nSPS) is 18.4. The molecular formula is C27H37FN4. The van der Waals surface area contributed by atoms with Crippen molar-refractivity contribution < 1.29 is 4.39 Å². The molecule has 1 atom stereocenters. The van der Waals surface area contributed by atoms with E-state index in [9.17, 15) is 4.39 Å². The summed E-state index contributed by atoms with van der Waals surface area (Å²) in [6.07, 6.45) is 7.86. The zero-order valence-electron chi connectivity index (χ0n) is 20.9. The summed E-state index contributed by atoms with van der Waals surface area (Å²) in [4.78, 5) is 4.38. The molecule has 5 heteroatoms. The van der Waals surface area contributed by atoms with Crippen LogP contribution in [-0.2, 0) is 12.5 Å². The highest BCUT2D eigenvalue weighted by atomic mass is 19.1. The number of hydrogen-bond acceptors (Lipinski definition) is 3. The summed E-state index contributed by atoms with van der Waals surface area (Å²) >= 11 is 0. The first kappa shape index (κ1) is 23.8. The molecular weight excluding hydrogens is 399 g/mol. The standard InChI is InChI=1S/C27H37FN4/c1-19(28)18-24(20(2)32-17-16-30(8)21(32)3)27(6,7)26(4,5)23-13-11-10-12-22(23)25-14-15-29-31(25)9/h10-18,21H,1-9H3/b19-18+,24-20-. The molecule has 1 aromatic heterocycles. The maximum Gasteiger partial charge on any atom is 0.102 e. The van der Waals surface area contributed by atoms with Crippen molar-refractivity contribution in [1.29, 1.82) is 0 Å². The first-order valence-electron chi connectivity index (χ1n) is 11.2. The highest BCUT2D eigenvalue weighted by Gasteiger charge is 2.43. The summed E-state index contributed by atoms with van der Waals surface area (Å²) in [7, 11) is 4.02. The van der Waals surface area contributed by atoms with E-state index < -0.39 is 0 Å². The fourth-order valence-electron chi connectivity index (χ4n) is 4.65. The fraction of sp³-hybridized carbons (Fsp3) is 0.444. The zero-order valence-corrected chi connectivity index (χ0v) is 20.9. The van der Waals surface area contributed by atoms with Gasteiger partial charge in [-0.2, -0.15) is 5.10 Å². The number of halogens is 1. The third kappa shape index (κ3) is 4.01. The second-order valence-corrected chi connectivity index (χ2v) is 9.87. The quantitative estimate of drug-likeness (QED) is 0.477. The van der Waals surface area contributed by atoms with E-state index in [1.54, 1.807) is 6.08 Å². The van der Waals surface area contributed by atoms with Gasteiger partial charge in [-0.1, -0.05) is 52.0 Å². The van der Waals surface area contributed by atoms with Gasteiger partial charge < -0.3 is 9.80 Å². The predicted octanol–water partition coefficient (Wildman–Crippen LogP) is 6.60. The van der Waals surface area contributed by atoms with Crippen LogP contribution in [0.4, 0.5) is 4.39 Å². The highest BCUT2D eigenvalue weighted by molar-refractivity contribution is 5.66. The molecule has 1 aromatic carbocycles. The molecule has 2 aromatic rings. The van der Waals surface area contributed by atoms with Gasteiger partial charge in [0.15, 0.2) is 0 Å². The lowest BCUT2D eigenvalue weighted by molar-refractivity contribution is 0.213. The van der Waals surface area contributed by atoms with E-state index in [-0.39, 0.29) is 22.8 Å². The van der Waals surface area contributed by atoms with Gasteiger partial charge in [0.05, 0.1) is 11.5 Å². The van der Waals surface area contributed by atoms with E-state index >= 15 is 0 Å². The lowest BCUT2D eigenvalue weighted by Crippen LogP contribution is -2.41. The van der Waals surface area contributed by atoms with Crippen LogP contribution in [0.15, 0.2) is 72.1 Å². The lowest BCUT2D eigenvalue weighted by atomic mass is 9.59. The Morgan fingerprint density at radius 1 is 1.03 bits per heavy atom. The molecule has 0 saturated carbocycles. The van der Waals surface area contributed by atoms with Crippen LogP contribution < -0.4 is 0 Å². The van der Waals surface area contributed by atoms with Crippen LogP contribution in [0.3, 0.4) is 0 Å². The molecule has 1 aliphatic heterocycles. The first-order valence-corrected chi connectivity index (χ1v) is 11.2. The Kier molecular flexibility index (Phi) is 6.41. The van der Waals surface area contributed by atoms with E-state index in [0.717, 1.165) is 22.5 Å². The molecule has 0 N–H and O–H groups in total. The van der Waals surface area contributed by atoms with Gasteiger partial charge in [-0.05, 0) is 49.5 Å². The van der Waals surface area contributed by atoms with Crippen molar-refractivity contribution in [3.8, 4) is 11.3 Å². The Bertz CT molecular complexity index is 1070. The van der Waals surface area contributed by atoms with Gasteiger partial charge in [-0.3, -0.25) is 4.68 Å². The van der Waals surface area contributed by atoms with Crippen molar-refractivity contribution in [2.75, 3.05) is 7.05 Å². The Hall–Kier alpha value is -2.82. The molecule has 0 radical (unpaired) electrons. The molecule has 1 unspecified atom stereocenters. The van der Waals surface area contributed by atoms with Crippen LogP contribution in [0.2, 0.25) is 0 Å². The summed E-state index contributed by atoms with van der Waals surface area (Å²) < 4.78 is 16.3. The number of aryl methyl sites for hydroxylation is 1. The van der Waals surface area contributed by atoms with Gasteiger partial charge in [0.1, 0.15) is 6.17 Å². The zero-order chi connectivity index (χ0) is 23.8. The molecule has 2 heterocycles. The number of rotatable bonds is 6. The van der Waals surface area contributed by atoms with Crippen LogP contribution in [0.1, 0.15) is 54.0 Å². The third-order valence-corrected chi connectivity index (χ3v) is 7.51. The van der Waals surface area contributed by atoms with Crippen molar-refractivity contribution in [3.05, 3.63) is 77.7 Å². The number of allylic oxidation sites excluding steroid dienone is 4. The average Bonchev–Trinajstić information content (AvgIpc) is 3.30. The van der Waals surface area contributed by atoms with Crippen LogP contribution >= 0.6 is 0 Å². The van der Waals surface area contributed by atoms with Gasteiger partial charge in [0.2, 0.25) is 0 Å². The minimum Gasteiger partial charge on any atom is -0.359 e. The van der Waals surface area contributed by atoms with Crippen LogP contribution in [0.5, 0.6) is 0 Å². The second kappa shape index (κ2) is 8.61. The maximum absolute atomic E-state index is 14.4. The van der Waals surface area contributed by atoms with Crippen LogP contribution in [-0.4, -0.2) is 32.8 Å². The van der Waals surface area contributed by atoms with Gasteiger partial charge in [-0.25, -0.2) is 4.39 Å². The molecule has 172 valence electrons. The van der Waals surface area contributed by atoms with E-state index in [4.69, 9.17) is 0 Å². The molecule has 0 spiro atoms. The average molecular weight is 437 g/mol. The van der Waals surface area contributed by atoms with Crippen molar-refractivity contribution in [1.82, 2.24) is 19.6 Å². The molecule has 0 saturated heterocycles. The Labute approximate surface area is 192 Å². The molecule has 3 rings (SSSR count).